The van der Waals surface area contributed by atoms with Crippen LogP contribution < -0.4 is 21.7 Å². The van der Waals surface area contributed by atoms with Gasteiger partial charge in [0.1, 0.15) is 4.88 Å². The van der Waals surface area contributed by atoms with E-state index >= 15 is 0 Å². The third-order valence-corrected chi connectivity index (χ3v) is 8.04. The van der Waals surface area contributed by atoms with E-state index in [1.165, 1.54) is 22.7 Å². The van der Waals surface area contributed by atoms with Crippen LogP contribution >= 0.6 is 22.9 Å². The largest absolute Gasteiger partial charge is 0.395 e. The molecule has 10 heteroatoms. The van der Waals surface area contributed by atoms with Crippen LogP contribution in [0.25, 0.3) is 0 Å². The van der Waals surface area contributed by atoms with Gasteiger partial charge in [-0.3, -0.25) is 19.3 Å². The van der Waals surface area contributed by atoms with Gasteiger partial charge in [-0.1, -0.05) is 44.4 Å². The number of anilines is 2. The molecule has 3 amide bonds. The van der Waals surface area contributed by atoms with Crippen molar-refractivity contribution in [2.24, 2.45) is 5.73 Å². The molecule has 1 fully saturated rings. The first-order chi connectivity index (χ1) is 16.9. The molecule has 1 atom stereocenters. The number of nitrogens with zero attached hydrogens (tertiary/aromatic N) is 2. The van der Waals surface area contributed by atoms with Crippen molar-refractivity contribution in [2.45, 2.75) is 57.5 Å². The van der Waals surface area contributed by atoms with E-state index in [1.807, 2.05) is 48.7 Å². The summed E-state index contributed by atoms with van der Waals surface area (Å²) in [5.74, 6) is -1.55. The van der Waals surface area contributed by atoms with Crippen LogP contribution in [-0.2, 0) is 11.2 Å². The Morgan fingerprint density at radius 1 is 1.14 bits per heavy atom. The van der Waals surface area contributed by atoms with E-state index in [9.17, 15) is 14.4 Å². The van der Waals surface area contributed by atoms with Crippen molar-refractivity contribution in [1.82, 2.24) is 9.69 Å². The Balaban J connectivity index is 1.79. The lowest BCUT2D eigenvalue weighted by Crippen LogP contribution is -2.47. The van der Waals surface area contributed by atoms with Crippen molar-refractivity contribution in [3.8, 4) is 0 Å². The molecule has 1 aliphatic carbocycles. The minimum atomic E-state index is -0.907. The number of carbonyl (C=O) groups is 3. The highest BCUT2D eigenvalue weighted by atomic mass is 32.1. The molecule has 184 valence electrons. The van der Waals surface area contributed by atoms with E-state index in [1.54, 1.807) is 0 Å². The van der Waals surface area contributed by atoms with E-state index in [-0.39, 0.29) is 28.2 Å². The molecule has 8 nitrogen and oxygen atoms in total. The first-order valence-corrected chi connectivity index (χ1v) is 13.4. The Labute approximate surface area is 212 Å². The highest BCUT2D eigenvalue weighted by Gasteiger charge is 2.37. The molecule has 2 heterocycles. The predicted octanol–water partition coefficient (Wildman–Crippen LogP) is 4.29. The molecule has 0 aliphatic heterocycles. The first kappa shape index (κ1) is 24.9. The number of nitrogens with two attached hydrogens (primary N) is 2. The number of nitrogens with one attached hydrogen (secondary N) is 1. The molecule has 1 aliphatic rings. The second kappa shape index (κ2) is 11.0. The summed E-state index contributed by atoms with van der Waals surface area (Å²) in [4.78, 5) is 41.7. The van der Waals surface area contributed by atoms with Gasteiger partial charge in [0, 0.05) is 16.6 Å². The summed E-state index contributed by atoms with van der Waals surface area (Å²) in [5, 5.41) is 5.06. The van der Waals surface area contributed by atoms with Gasteiger partial charge in [0.2, 0.25) is 5.91 Å². The molecule has 35 heavy (non-hydrogen) atoms. The van der Waals surface area contributed by atoms with Crippen molar-refractivity contribution in [2.75, 3.05) is 10.6 Å². The maximum atomic E-state index is 14.0. The van der Waals surface area contributed by atoms with Crippen molar-refractivity contribution in [3.63, 3.8) is 0 Å². The fraction of sp³-hybridized carbons (Fsp3) is 0.360. The van der Waals surface area contributed by atoms with Crippen molar-refractivity contribution < 1.29 is 14.4 Å². The number of primary amides is 1. The molecule has 0 saturated heterocycles. The molecule has 0 unspecified atom stereocenters. The molecule has 2 aromatic heterocycles. The molecule has 1 aromatic carbocycles. The van der Waals surface area contributed by atoms with Crippen molar-refractivity contribution >= 4 is 52.0 Å². The van der Waals surface area contributed by atoms with Gasteiger partial charge >= 0.3 is 0 Å². The molecular weight excluding hydrogens is 482 g/mol. The first-order valence-electron chi connectivity index (χ1n) is 11.7. The van der Waals surface area contributed by atoms with E-state index in [0.29, 0.717) is 5.69 Å². The van der Waals surface area contributed by atoms with Gasteiger partial charge in [0.05, 0.1) is 5.69 Å². The summed E-state index contributed by atoms with van der Waals surface area (Å²) < 4.78 is 4.00. The Morgan fingerprint density at radius 3 is 2.43 bits per heavy atom. The van der Waals surface area contributed by atoms with Crippen LogP contribution in [0, 0.1) is 0 Å². The number of aromatic nitrogens is 1. The number of nitrogen functional groups attached to an aromatic ring is 1. The van der Waals surface area contributed by atoms with Crippen LogP contribution in [-0.4, -0.2) is 28.1 Å². The summed E-state index contributed by atoms with van der Waals surface area (Å²) in [7, 11) is 0. The number of carbonyl (C=O) groups excluding carboxylic acids is 3. The molecule has 3 aromatic rings. The predicted molar refractivity (Wildman–Crippen MR) is 140 cm³/mol. The third kappa shape index (κ3) is 5.38. The highest BCUT2D eigenvalue weighted by molar-refractivity contribution is 7.10. The van der Waals surface area contributed by atoms with E-state index in [4.69, 9.17) is 11.5 Å². The molecule has 5 N–H and O–H groups in total. The van der Waals surface area contributed by atoms with E-state index in [0.717, 1.165) is 54.1 Å². The van der Waals surface area contributed by atoms with Crippen LogP contribution in [0.2, 0.25) is 0 Å². The minimum absolute atomic E-state index is 0.0692. The molecule has 1 saturated carbocycles. The molecular formula is C25H29N5O3S2. The Bertz CT molecular complexity index is 1180. The lowest BCUT2D eigenvalue weighted by Gasteiger charge is -2.32. The van der Waals surface area contributed by atoms with Gasteiger partial charge in [-0.2, -0.15) is 4.37 Å². The quantitative estimate of drug-likeness (QED) is 0.415. The lowest BCUT2D eigenvalue weighted by atomic mass is 9.95. The second-order valence-electron chi connectivity index (χ2n) is 8.59. The van der Waals surface area contributed by atoms with Crippen LogP contribution in [0.15, 0.2) is 41.8 Å². The van der Waals surface area contributed by atoms with Crippen molar-refractivity contribution in [1.29, 1.82) is 0 Å². The molecule has 0 radical (unpaired) electrons. The van der Waals surface area contributed by atoms with Gasteiger partial charge < -0.3 is 16.8 Å². The summed E-state index contributed by atoms with van der Waals surface area (Å²) in [6, 6.07) is 10.4. The zero-order valence-electron chi connectivity index (χ0n) is 19.5. The van der Waals surface area contributed by atoms with Crippen LogP contribution in [0.1, 0.15) is 75.7 Å². The van der Waals surface area contributed by atoms with Crippen LogP contribution in [0.4, 0.5) is 11.4 Å². The topological polar surface area (TPSA) is 131 Å². The SMILES string of the molecule is CCc1ccc(N(C(=O)c2snc(C(N)=O)c2N)[C@@H](C(=O)NC2CCCCC2)c2cccs2)cc1. The average molecular weight is 512 g/mol. The van der Waals surface area contributed by atoms with E-state index < -0.39 is 17.9 Å². The second-order valence-corrected chi connectivity index (χ2v) is 10.3. The average Bonchev–Trinajstić information content (AvgIpc) is 3.52. The number of benzene rings is 1. The highest BCUT2D eigenvalue weighted by Crippen LogP contribution is 2.35. The standard InChI is InChI=1S/C25H29N5O3S2/c1-2-15-10-12-17(13-11-15)30(25(33)22-19(26)20(23(27)31)29-35-22)21(18-9-6-14-34-18)24(32)28-16-7-4-3-5-8-16/h6,9-14,16,21H,2-5,7-8,26H2,1H3,(H2,27,31)(H,28,32)/t21-/m1/s1. The normalized spacial score (nSPS) is 14.9. The van der Waals surface area contributed by atoms with Gasteiger partial charge in [-0.25, -0.2) is 0 Å². The van der Waals surface area contributed by atoms with Gasteiger partial charge in [-0.05, 0) is 59.9 Å². The summed E-state index contributed by atoms with van der Waals surface area (Å²) >= 11 is 2.22. The molecule has 4 rings (SSSR count). The smallest absolute Gasteiger partial charge is 0.273 e. The van der Waals surface area contributed by atoms with Crippen LogP contribution in [0.5, 0.6) is 0 Å². The molecule has 0 bridgehead atoms. The zero-order valence-corrected chi connectivity index (χ0v) is 21.2. The third-order valence-electron chi connectivity index (χ3n) is 6.27. The summed E-state index contributed by atoms with van der Waals surface area (Å²) in [5.41, 5.74) is 12.9. The Kier molecular flexibility index (Phi) is 7.82. The number of thiophene rings is 1. The van der Waals surface area contributed by atoms with E-state index in [2.05, 4.69) is 9.69 Å². The van der Waals surface area contributed by atoms with Gasteiger partial charge in [0.25, 0.3) is 11.8 Å². The Morgan fingerprint density at radius 2 is 1.86 bits per heavy atom. The van der Waals surface area contributed by atoms with Crippen molar-refractivity contribution in [3.05, 3.63) is 62.8 Å². The number of amides is 3. The summed E-state index contributed by atoms with van der Waals surface area (Å²) in [6.45, 7) is 2.05. The number of hydrogen-bond acceptors (Lipinski definition) is 7. The number of rotatable bonds is 8. The zero-order chi connectivity index (χ0) is 24.9. The van der Waals surface area contributed by atoms with Gasteiger partial charge in [0.15, 0.2) is 11.7 Å². The van der Waals surface area contributed by atoms with Crippen LogP contribution in [0.3, 0.4) is 0 Å². The molecule has 0 spiro atoms. The fourth-order valence-corrected chi connectivity index (χ4v) is 5.92. The maximum Gasteiger partial charge on any atom is 0.273 e. The summed E-state index contributed by atoms with van der Waals surface area (Å²) in [6.07, 6.45) is 6.00. The number of hydrogen-bond donors (Lipinski definition) is 3. The fourth-order valence-electron chi connectivity index (χ4n) is 4.36. The number of aryl methyl sites for hydroxylation is 1. The van der Waals surface area contributed by atoms with Gasteiger partial charge in [-0.15, -0.1) is 11.3 Å². The monoisotopic (exact) mass is 511 g/mol. The Hall–Kier alpha value is -3.24. The lowest BCUT2D eigenvalue weighted by molar-refractivity contribution is -0.123. The maximum absolute atomic E-state index is 14.0. The minimum Gasteiger partial charge on any atom is -0.395 e.